The Balaban J connectivity index is 2.16. The fourth-order valence-corrected chi connectivity index (χ4v) is 1.61. The number of hydrogen-bond donors (Lipinski definition) is 3. The summed E-state index contributed by atoms with van der Waals surface area (Å²) in [5, 5.41) is 21.6. The van der Waals surface area contributed by atoms with Gasteiger partial charge in [-0.15, -0.1) is 0 Å². The van der Waals surface area contributed by atoms with E-state index in [4.69, 9.17) is 9.84 Å². The van der Waals surface area contributed by atoms with Crippen molar-refractivity contribution in [2.24, 2.45) is 5.92 Å². The van der Waals surface area contributed by atoms with E-state index in [9.17, 15) is 5.11 Å². The van der Waals surface area contributed by atoms with Crippen molar-refractivity contribution in [2.45, 2.75) is 13.0 Å². The molecule has 1 rings (SSSR count). The molecule has 4 nitrogen and oxygen atoms in total. The van der Waals surface area contributed by atoms with Gasteiger partial charge in [-0.25, -0.2) is 0 Å². The molecule has 0 amide bonds. The molecule has 0 saturated heterocycles. The lowest BCUT2D eigenvalue weighted by Crippen LogP contribution is -2.34. The van der Waals surface area contributed by atoms with Crippen LogP contribution in [0.2, 0.25) is 0 Å². The number of hydrogen-bond acceptors (Lipinski definition) is 4. The summed E-state index contributed by atoms with van der Waals surface area (Å²) in [5.41, 5.74) is 0. The minimum absolute atomic E-state index is 0.151. The number of aliphatic hydroxyl groups excluding tert-OH is 2. The van der Waals surface area contributed by atoms with Crippen LogP contribution < -0.4 is 10.1 Å². The van der Waals surface area contributed by atoms with Crippen molar-refractivity contribution in [1.82, 2.24) is 5.32 Å². The molecule has 18 heavy (non-hydrogen) atoms. The summed E-state index contributed by atoms with van der Waals surface area (Å²) in [7, 11) is 0. The Labute approximate surface area is 116 Å². The number of aliphatic hydroxyl groups is 2. The summed E-state index contributed by atoms with van der Waals surface area (Å²) < 4.78 is 6.44. The number of benzene rings is 1. The highest BCUT2D eigenvalue weighted by Gasteiger charge is 2.06. The van der Waals surface area contributed by atoms with Crippen molar-refractivity contribution in [3.8, 4) is 5.75 Å². The van der Waals surface area contributed by atoms with Crippen LogP contribution in [0.1, 0.15) is 6.92 Å². The zero-order valence-corrected chi connectivity index (χ0v) is 12.1. The first kappa shape index (κ1) is 15.4. The number of halogens is 1. The van der Waals surface area contributed by atoms with E-state index in [1.165, 1.54) is 0 Å². The maximum atomic E-state index is 9.69. The fraction of sp³-hybridized carbons (Fsp3) is 0.538. The normalized spacial score (nSPS) is 14.2. The van der Waals surface area contributed by atoms with Crippen LogP contribution >= 0.6 is 15.9 Å². The SMILES string of the molecule is CC(CO)CNCC(O)COc1ccc(Br)cc1. The second-order valence-electron chi connectivity index (χ2n) is 4.36. The molecule has 0 aliphatic carbocycles. The van der Waals surface area contributed by atoms with Crippen LogP contribution in [0.15, 0.2) is 28.7 Å². The van der Waals surface area contributed by atoms with Gasteiger partial charge in [0.2, 0.25) is 0 Å². The van der Waals surface area contributed by atoms with Crippen molar-refractivity contribution in [3.05, 3.63) is 28.7 Å². The maximum Gasteiger partial charge on any atom is 0.119 e. The Morgan fingerprint density at radius 2 is 1.94 bits per heavy atom. The first-order valence-corrected chi connectivity index (χ1v) is 6.79. The molecule has 2 unspecified atom stereocenters. The smallest absolute Gasteiger partial charge is 0.119 e. The van der Waals surface area contributed by atoms with Gasteiger partial charge >= 0.3 is 0 Å². The molecule has 0 aliphatic heterocycles. The van der Waals surface area contributed by atoms with Gasteiger partial charge in [0, 0.05) is 17.6 Å². The van der Waals surface area contributed by atoms with Gasteiger partial charge in [0.15, 0.2) is 0 Å². The summed E-state index contributed by atoms with van der Waals surface area (Å²) in [6.07, 6.45) is -0.556. The third-order valence-corrected chi connectivity index (χ3v) is 2.97. The van der Waals surface area contributed by atoms with Gasteiger partial charge in [0.05, 0.1) is 0 Å². The highest BCUT2D eigenvalue weighted by molar-refractivity contribution is 9.10. The summed E-state index contributed by atoms with van der Waals surface area (Å²) in [5.74, 6) is 0.936. The van der Waals surface area contributed by atoms with Crippen LogP contribution in [0.5, 0.6) is 5.75 Å². The molecule has 0 spiro atoms. The van der Waals surface area contributed by atoms with Gasteiger partial charge in [-0.2, -0.15) is 0 Å². The van der Waals surface area contributed by atoms with Gasteiger partial charge in [0.25, 0.3) is 0 Å². The Hall–Kier alpha value is -0.620. The number of rotatable bonds is 8. The Morgan fingerprint density at radius 3 is 2.56 bits per heavy atom. The molecule has 0 radical (unpaired) electrons. The van der Waals surface area contributed by atoms with Gasteiger partial charge in [-0.3, -0.25) is 0 Å². The maximum absolute atomic E-state index is 9.69. The zero-order valence-electron chi connectivity index (χ0n) is 10.5. The van der Waals surface area contributed by atoms with E-state index in [-0.39, 0.29) is 19.1 Å². The first-order valence-electron chi connectivity index (χ1n) is 6.00. The lowest BCUT2D eigenvalue weighted by Gasteiger charge is -2.15. The molecule has 1 aromatic carbocycles. The largest absolute Gasteiger partial charge is 0.491 e. The summed E-state index contributed by atoms with van der Waals surface area (Å²) in [4.78, 5) is 0. The fourth-order valence-electron chi connectivity index (χ4n) is 1.34. The molecule has 0 aliphatic rings. The summed E-state index contributed by atoms with van der Waals surface area (Å²) in [6.45, 7) is 3.49. The predicted octanol–water partition coefficient (Wildman–Crippen LogP) is 1.41. The van der Waals surface area contributed by atoms with E-state index in [2.05, 4.69) is 21.2 Å². The second kappa shape index (κ2) is 8.48. The molecule has 0 heterocycles. The topological polar surface area (TPSA) is 61.7 Å². The van der Waals surface area contributed by atoms with Crippen LogP contribution in [0, 0.1) is 5.92 Å². The Morgan fingerprint density at radius 1 is 1.28 bits per heavy atom. The highest BCUT2D eigenvalue weighted by Crippen LogP contribution is 2.16. The Bertz CT molecular complexity index is 332. The molecule has 5 heteroatoms. The van der Waals surface area contributed by atoms with Crippen molar-refractivity contribution in [3.63, 3.8) is 0 Å². The first-order chi connectivity index (χ1) is 8.61. The van der Waals surface area contributed by atoms with Crippen LogP contribution in [0.25, 0.3) is 0 Å². The van der Waals surface area contributed by atoms with E-state index < -0.39 is 6.10 Å². The van der Waals surface area contributed by atoms with Crippen molar-refractivity contribution in [1.29, 1.82) is 0 Å². The van der Waals surface area contributed by atoms with Gasteiger partial charge < -0.3 is 20.3 Å². The van der Waals surface area contributed by atoms with Gasteiger partial charge in [0.1, 0.15) is 18.5 Å². The monoisotopic (exact) mass is 317 g/mol. The van der Waals surface area contributed by atoms with Crippen LogP contribution in [0.4, 0.5) is 0 Å². The second-order valence-corrected chi connectivity index (χ2v) is 5.28. The van der Waals surface area contributed by atoms with E-state index >= 15 is 0 Å². The quantitative estimate of drug-likeness (QED) is 0.678. The summed E-state index contributed by atoms with van der Waals surface area (Å²) >= 11 is 3.34. The molecule has 0 fully saturated rings. The van der Waals surface area contributed by atoms with E-state index in [1.54, 1.807) is 0 Å². The number of nitrogens with one attached hydrogen (secondary N) is 1. The third-order valence-electron chi connectivity index (χ3n) is 2.44. The molecule has 0 saturated carbocycles. The lowest BCUT2D eigenvalue weighted by atomic mass is 10.2. The van der Waals surface area contributed by atoms with Crippen molar-refractivity contribution >= 4 is 15.9 Å². The number of ether oxygens (including phenoxy) is 1. The molecule has 0 aromatic heterocycles. The minimum atomic E-state index is -0.556. The predicted molar refractivity (Wildman–Crippen MR) is 74.8 cm³/mol. The lowest BCUT2D eigenvalue weighted by molar-refractivity contribution is 0.104. The van der Waals surface area contributed by atoms with Crippen molar-refractivity contribution < 1.29 is 14.9 Å². The summed E-state index contributed by atoms with van der Waals surface area (Å²) in [6, 6.07) is 7.47. The zero-order chi connectivity index (χ0) is 13.4. The van der Waals surface area contributed by atoms with Crippen LogP contribution in [-0.4, -0.2) is 42.6 Å². The average Bonchev–Trinajstić information content (AvgIpc) is 2.38. The third kappa shape index (κ3) is 6.35. The van der Waals surface area contributed by atoms with E-state index in [0.717, 1.165) is 10.2 Å². The molecular weight excluding hydrogens is 298 g/mol. The molecule has 2 atom stereocenters. The van der Waals surface area contributed by atoms with Gasteiger partial charge in [-0.1, -0.05) is 22.9 Å². The molecule has 0 bridgehead atoms. The highest BCUT2D eigenvalue weighted by atomic mass is 79.9. The van der Waals surface area contributed by atoms with Gasteiger partial charge in [-0.05, 0) is 36.7 Å². The van der Waals surface area contributed by atoms with E-state index in [1.807, 2.05) is 31.2 Å². The van der Waals surface area contributed by atoms with E-state index in [0.29, 0.717) is 13.1 Å². The molecule has 102 valence electrons. The Kier molecular flexibility index (Phi) is 7.27. The standard InChI is InChI=1S/C13H20BrNO3/c1-10(8-16)6-15-7-12(17)9-18-13-4-2-11(14)3-5-13/h2-5,10,12,15-17H,6-9H2,1H3. The van der Waals surface area contributed by atoms with Crippen LogP contribution in [-0.2, 0) is 0 Å². The average molecular weight is 318 g/mol. The van der Waals surface area contributed by atoms with Crippen molar-refractivity contribution in [2.75, 3.05) is 26.3 Å². The minimum Gasteiger partial charge on any atom is -0.491 e. The molecule has 3 N–H and O–H groups in total. The molecular formula is C13H20BrNO3. The van der Waals surface area contributed by atoms with Crippen LogP contribution in [0.3, 0.4) is 0 Å². The molecule has 1 aromatic rings.